The Morgan fingerprint density at radius 1 is 0.944 bits per heavy atom. The lowest BCUT2D eigenvalue weighted by atomic mass is 9.89. The van der Waals surface area contributed by atoms with Gasteiger partial charge >= 0.3 is 0 Å². The first kappa shape index (κ1) is 26.1. The summed E-state index contributed by atoms with van der Waals surface area (Å²) in [7, 11) is 0. The molecule has 36 heavy (non-hydrogen) atoms. The summed E-state index contributed by atoms with van der Waals surface area (Å²) in [6.07, 6.45) is -4.48. The van der Waals surface area contributed by atoms with E-state index in [1.54, 1.807) is 32.2 Å². The first-order chi connectivity index (χ1) is 17.4. The number of hydrogen-bond acceptors (Lipinski definition) is 9. The van der Waals surface area contributed by atoms with Gasteiger partial charge in [0, 0.05) is 23.4 Å². The van der Waals surface area contributed by atoms with Crippen LogP contribution in [0, 0.1) is 0 Å². The molecule has 1 aromatic heterocycles. The molecule has 0 aliphatic carbocycles. The van der Waals surface area contributed by atoms with Crippen molar-refractivity contribution in [1.82, 2.24) is 0 Å². The minimum atomic E-state index is -1.56. The van der Waals surface area contributed by atoms with Gasteiger partial charge in [0.1, 0.15) is 47.6 Å². The van der Waals surface area contributed by atoms with Crippen molar-refractivity contribution in [3.8, 4) is 11.5 Å². The van der Waals surface area contributed by atoms with Gasteiger partial charge < -0.3 is 39.1 Å². The minimum Gasteiger partial charge on any atom is -0.493 e. The van der Waals surface area contributed by atoms with Gasteiger partial charge in [-0.1, -0.05) is 6.07 Å². The van der Waals surface area contributed by atoms with E-state index in [0.29, 0.717) is 36.7 Å². The summed E-state index contributed by atoms with van der Waals surface area (Å²) in [5, 5.41) is 41.7. The van der Waals surface area contributed by atoms with E-state index in [1.165, 1.54) is 0 Å². The second-order valence-electron chi connectivity index (χ2n) is 8.72. The number of ketones is 1. The number of rotatable bonds is 10. The van der Waals surface area contributed by atoms with Crippen LogP contribution >= 0.6 is 0 Å². The summed E-state index contributed by atoms with van der Waals surface area (Å²) < 4.78 is 22.6. The number of aryl methyl sites for hydroxylation is 1. The lowest BCUT2D eigenvalue weighted by molar-refractivity contribution is -0.232. The zero-order valence-corrected chi connectivity index (χ0v) is 20.3. The Kier molecular flexibility index (Phi) is 8.28. The normalized spacial score (nSPS) is 24.1. The van der Waals surface area contributed by atoms with Crippen LogP contribution in [-0.2, 0) is 11.2 Å². The molecule has 0 spiro atoms. The van der Waals surface area contributed by atoms with Crippen molar-refractivity contribution >= 4 is 16.8 Å². The molecule has 0 amide bonds. The van der Waals surface area contributed by atoms with E-state index in [1.807, 2.05) is 24.3 Å². The first-order valence-electron chi connectivity index (χ1n) is 12.1. The Morgan fingerprint density at radius 2 is 1.69 bits per heavy atom. The van der Waals surface area contributed by atoms with Crippen molar-refractivity contribution in [3.05, 3.63) is 59.4 Å². The third kappa shape index (κ3) is 5.25. The molecule has 1 fully saturated rings. The number of benzene rings is 2. The fourth-order valence-electron chi connectivity index (χ4n) is 4.50. The monoisotopic (exact) mass is 500 g/mol. The van der Waals surface area contributed by atoms with E-state index in [0.717, 1.165) is 16.5 Å². The second kappa shape index (κ2) is 11.4. The highest BCUT2D eigenvalue weighted by Crippen LogP contribution is 2.40. The third-order valence-corrected chi connectivity index (χ3v) is 6.37. The van der Waals surface area contributed by atoms with Gasteiger partial charge in [0.25, 0.3) is 0 Å². The molecule has 0 saturated carbocycles. The lowest BCUT2D eigenvalue weighted by Crippen LogP contribution is -2.55. The van der Waals surface area contributed by atoms with Gasteiger partial charge in [0.15, 0.2) is 5.78 Å². The van der Waals surface area contributed by atoms with E-state index in [4.69, 9.17) is 18.6 Å². The van der Waals surface area contributed by atoms with Crippen molar-refractivity contribution in [1.29, 1.82) is 0 Å². The summed E-state index contributed by atoms with van der Waals surface area (Å²) in [4.78, 5) is 13.4. The Balaban J connectivity index is 1.66. The molecule has 9 nitrogen and oxygen atoms in total. The van der Waals surface area contributed by atoms with Crippen molar-refractivity contribution in [3.63, 3.8) is 0 Å². The molecule has 5 atom stereocenters. The maximum Gasteiger partial charge on any atom is 0.166 e. The Labute approximate surface area is 208 Å². The number of aliphatic hydroxyl groups is 4. The number of furan rings is 1. The Morgan fingerprint density at radius 3 is 2.42 bits per heavy atom. The number of ether oxygens (including phenoxy) is 3. The zero-order chi connectivity index (χ0) is 25.8. The predicted octanol–water partition coefficient (Wildman–Crippen LogP) is 2.56. The first-order valence-corrected chi connectivity index (χ1v) is 12.1. The highest BCUT2D eigenvalue weighted by Gasteiger charge is 2.45. The van der Waals surface area contributed by atoms with Crippen LogP contribution in [0.5, 0.6) is 11.5 Å². The van der Waals surface area contributed by atoms with Crippen molar-refractivity contribution in [2.75, 3.05) is 19.8 Å². The molecule has 1 saturated heterocycles. The van der Waals surface area contributed by atoms with E-state index >= 15 is 0 Å². The molecule has 5 unspecified atom stereocenters. The van der Waals surface area contributed by atoms with Gasteiger partial charge in [-0.15, -0.1) is 0 Å². The average molecular weight is 501 g/mol. The largest absolute Gasteiger partial charge is 0.493 e. The van der Waals surface area contributed by atoms with Crippen molar-refractivity contribution in [2.24, 2.45) is 0 Å². The summed E-state index contributed by atoms with van der Waals surface area (Å²) in [6.45, 7) is 3.64. The van der Waals surface area contributed by atoms with E-state index in [-0.39, 0.29) is 17.8 Å². The van der Waals surface area contributed by atoms with Crippen LogP contribution in [0.15, 0.2) is 47.1 Å². The number of fused-ring (bicyclic) bond motifs is 1. The molecule has 0 radical (unpaired) electrons. The fraction of sp³-hybridized carbons (Fsp3) is 0.444. The number of Topliss-reactive ketones (excluding diaryl/α,β-unsaturated/α-hetero) is 1. The van der Waals surface area contributed by atoms with Gasteiger partial charge in [-0.2, -0.15) is 0 Å². The smallest absolute Gasteiger partial charge is 0.166 e. The molecule has 1 aliphatic heterocycles. The molecule has 4 N–H and O–H groups in total. The third-order valence-electron chi connectivity index (χ3n) is 6.37. The van der Waals surface area contributed by atoms with Crippen LogP contribution in [0.4, 0.5) is 0 Å². The fourth-order valence-corrected chi connectivity index (χ4v) is 4.50. The van der Waals surface area contributed by atoms with Crippen LogP contribution in [-0.4, -0.2) is 70.4 Å². The zero-order valence-electron chi connectivity index (χ0n) is 20.3. The summed E-state index contributed by atoms with van der Waals surface area (Å²) in [5.41, 5.74) is 2.37. The van der Waals surface area contributed by atoms with E-state index in [9.17, 15) is 25.2 Å². The average Bonchev–Trinajstić information content (AvgIpc) is 3.35. The van der Waals surface area contributed by atoms with E-state index in [2.05, 4.69) is 0 Å². The maximum atomic E-state index is 13.4. The number of aliphatic hydroxyl groups excluding tert-OH is 4. The molecule has 194 valence electrons. The van der Waals surface area contributed by atoms with Gasteiger partial charge in [-0.05, 0) is 50.1 Å². The van der Waals surface area contributed by atoms with Crippen molar-refractivity contribution in [2.45, 2.75) is 57.2 Å². The number of hydrogen-bond donors (Lipinski definition) is 4. The molecule has 2 aromatic carbocycles. The highest BCUT2D eigenvalue weighted by molar-refractivity contribution is 5.99. The molecule has 0 bridgehead atoms. The molecule has 3 aromatic rings. The summed E-state index contributed by atoms with van der Waals surface area (Å²) in [6, 6.07) is 10.8. The molecule has 1 aliphatic rings. The van der Waals surface area contributed by atoms with Crippen LogP contribution in [0.1, 0.15) is 47.9 Å². The molecule has 2 heterocycles. The molecule has 4 rings (SSSR count). The number of carbonyl (C=O) groups excluding carboxylic acids is 1. The minimum absolute atomic E-state index is 0.181. The quantitative estimate of drug-likeness (QED) is 0.309. The Hall–Kier alpha value is -2.95. The van der Waals surface area contributed by atoms with Gasteiger partial charge in [-0.3, -0.25) is 4.79 Å². The van der Waals surface area contributed by atoms with Gasteiger partial charge in [0.2, 0.25) is 0 Å². The Bertz CT molecular complexity index is 1190. The topological polar surface area (TPSA) is 139 Å². The second-order valence-corrected chi connectivity index (χ2v) is 8.72. The standard InChI is InChI=1S/C27H32O9/c1-3-33-21-13-22(34-4-2)18(27-26(32)25(31)24(30)23(14-28)36-27)12-17(21)19(29)7-5-15-6-8-20-16(11-15)9-10-35-20/h6,8-13,23-28,30-32H,3-5,7,14H2,1-2H3. The van der Waals surface area contributed by atoms with Gasteiger partial charge in [0.05, 0.1) is 31.6 Å². The van der Waals surface area contributed by atoms with Crippen LogP contribution < -0.4 is 9.47 Å². The summed E-state index contributed by atoms with van der Waals surface area (Å²) in [5.74, 6) is 0.469. The van der Waals surface area contributed by atoms with Gasteiger partial charge in [-0.25, -0.2) is 0 Å². The van der Waals surface area contributed by atoms with Crippen LogP contribution in [0.2, 0.25) is 0 Å². The lowest BCUT2D eigenvalue weighted by Gasteiger charge is -2.40. The molecular formula is C27H32O9. The van der Waals surface area contributed by atoms with Crippen molar-refractivity contribution < 1.29 is 43.8 Å². The summed E-state index contributed by atoms with van der Waals surface area (Å²) >= 11 is 0. The maximum absolute atomic E-state index is 13.4. The predicted molar refractivity (Wildman–Crippen MR) is 130 cm³/mol. The number of carbonyl (C=O) groups is 1. The van der Waals surface area contributed by atoms with Crippen LogP contribution in [0.25, 0.3) is 11.0 Å². The highest BCUT2D eigenvalue weighted by atomic mass is 16.5. The molecular weight excluding hydrogens is 468 g/mol. The molecule has 9 heteroatoms. The van der Waals surface area contributed by atoms with Crippen LogP contribution in [0.3, 0.4) is 0 Å². The SMILES string of the molecule is CCOc1cc(OCC)c(C2OC(CO)C(O)C(O)C2O)cc1C(=O)CCc1ccc2occc2c1. The van der Waals surface area contributed by atoms with E-state index < -0.39 is 37.1 Å².